The summed E-state index contributed by atoms with van der Waals surface area (Å²) in [5.74, 6) is -0.622. The molecule has 1 aliphatic heterocycles. The quantitative estimate of drug-likeness (QED) is 0.584. The lowest BCUT2D eigenvalue weighted by Crippen LogP contribution is -2.48. The van der Waals surface area contributed by atoms with Crippen molar-refractivity contribution in [1.82, 2.24) is 0 Å². The highest BCUT2D eigenvalue weighted by molar-refractivity contribution is 6.74. The van der Waals surface area contributed by atoms with Crippen LogP contribution in [0, 0.1) is 0 Å². The molecule has 0 radical (unpaired) electrons. The van der Waals surface area contributed by atoms with Gasteiger partial charge in [0.25, 0.3) is 0 Å². The molecule has 0 saturated carbocycles. The molecule has 1 heterocycles. The minimum atomic E-state index is -1.97. The van der Waals surface area contributed by atoms with Crippen molar-refractivity contribution in [1.29, 1.82) is 0 Å². The third kappa shape index (κ3) is 3.63. The summed E-state index contributed by atoms with van der Waals surface area (Å²) in [6.45, 7) is 14.8. The van der Waals surface area contributed by atoms with Gasteiger partial charge in [-0.2, -0.15) is 0 Å². The Labute approximate surface area is 111 Å². The number of aldehydes is 1. The van der Waals surface area contributed by atoms with E-state index < -0.39 is 20.2 Å². The lowest BCUT2D eigenvalue weighted by Gasteiger charge is -2.39. The van der Waals surface area contributed by atoms with Crippen molar-refractivity contribution in [3.63, 3.8) is 0 Å². The molecule has 1 rings (SSSR count). The number of carbonyl (C=O) groups is 1. The number of rotatable bonds is 4. The van der Waals surface area contributed by atoms with Gasteiger partial charge in [-0.3, -0.25) is 0 Å². The molecule has 0 bridgehead atoms. The highest BCUT2D eigenvalue weighted by atomic mass is 28.4. The second kappa shape index (κ2) is 5.04. The number of hydrogen-bond acceptors (Lipinski definition) is 4. The standard InChI is InChI=1S/C13H26O4Si/c1-12(2,3)18(6,7)17-10(8-14)11-9-15-13(4,5)16-11/h8,10-11H,9H2,1-7H3/t10-,11?/m1/s1. The van der Waals surface area contributed by atoms with Gasteiger partial charge in [0.15, 0.2) is 14.1 Å². The molecule has 0 aromatic rings. The van der Waals surface area contributed by atoms with E-state index in [0.717, 1.165) is 6.29 Å². The highest BCUT2D eigenvalue weighted by Crippen LogP contribution is 2.38. The van der Waals surface area contributed by atoms with Crippen LogP contribution in [-0.2, 0) is 18.7 Å². The molecule has 106 valence electrons. The van der Waals surface area contributed by atoms with E-state index >= 15 is 0 Å². The first kappa shape index (κ1) is 15.8. The van der Waals surface area contributed by atoms with Gasteiger partial charge in [-0.05, 0) is 32.0 Å². The SMILES string of the molecule is CC1(C)OCC([C@@H](C=O)O[Si](C)(C)C(C)(C)C)O1. The fourth-order valence-corrected chi connectivity index (χ4v) is 2.83. The van der Waals surface area contributed by atoms with Gasteiger partial charge in [0.1, 0.15) is 18.5 Å². The normalized spacial score (nSPS) is 26.1. The summed E-state index contributed by atoms with van der Waals surface area (Å²) in [5, 5.41) is 0.0727. The van der Waals surface area contributed by atoms with Crippen LogP contribution in [0.1, 0.15) is 34.6 Å². The van der Waals surface area contributed by atoms with Gasteiger partial charge >= 0.3 is 0 Å². The predicted octanol–water partition coefficient (Wildman–Crippen LogP) is 2.73. The Kier molecular flexibility index (Phi) is 4.43. The molecule has 0 amide bonds. The predicted molar refractivity (Wildman–Crippen MR) is 73.0 cm³/mol. The second-order valence-electron chi connectivity index (χ2n) is 6.85. The van der Waals surface area contributed by atoms with Crippen molar-refractivity contribution in [3.8, 4) is 0 Å². The van der Waals surface area contributed by atoms with E-state index in [1.165, 1.54) is 0 Å². The lowest BCUT2D eigenvalue weighted by atomic mass is 10.2. The molecule has 0 aromatic carbocycles. The maximum absolute atomic E-state index is 11.3. The summed E-state index contributed by atoms with van der Waals surface area (Å²) >= 11 is 0. The van der Waals surface area contributed by atoms with Gasteiger partial charge in [0.05, 0.1) is 6.61 Å². The third-order valence-electron chi connectivity index (χ3n) is 3.77. The Bertz CT molecular complexity index is 307. The third-order valence-corrected chi connectivity index (χ3v) is 8.24. The van der Waals surface area contributed by atoms with E-state index in [4.69, 9.17) is 13.9 Å². The summed E-state index contributed by atoms with van der Waals surface area (Å²) < 4.78 is 17.3. The number of hydrogen-bond donors (Lipinski definition) is 0. The van der Waals surface area contributed by atoms with Gasteiger partial charge in [-0.25, -0.2) is 0 Å². The highest BCUT2D eigenvalue weighted by Gasteiger charge is 2.44. The number of ether oxygens (including phenoxy) is 2. The molecule has 1 unspecified atom stereocenters. The Morgan fingerprint density at radius 3 is 2.28 bits per heavy atom. The molecular formula is C13H26O4Si. The molecule has 1 fully saturated rings. The number of carbonyl (C=O) groups excluding carboxylic acids is 1. The van der Waals surface area contributed by atoms with E-state index in [-0.39, 0.29) is 11.1 Å². The summed E-state index contributed by atoms with van der Waals surface area (Å²) in [6, 6.07) is 0. The maximum Gasteiger partial charge on any atom is 0.193 e. The monoisotopic (exact) mass is 274 g/mol. The Morgan fingerprint density at radius 1 is 1.39 bits per heavy atom. The minimum absolute atomic E-state index is 0.0727. The molecule has 0 aliphatic carbocycles. The van der Waals surface area contributed by atoms with E-state index in [2.05, 4.69) is 33.9 Å². The largest absolute Gasteiger partial charge is 0.404 e. The van der Waals surface area contributed by atoms with Crippen molar-refractivity contribution < 1.29 is 18.7 Å². The Balaban J connectivity index is 2.72. The zero-order chi connectivity index (χ0) is 14.2. The van der Waals surface area contributed by atoms with E-state index in [0.29, 0.717) is 6.61 Å². The van der Waals surface area contributed by atoms with Crippen molar-refractivity contribution in [2.45, 2.75) is 70.7 Å². The van der Waals surface area contributed by atoms with Crippen LogP contribution in [0.2, 0.25) is 18.1 Å². The smallest absolute Gasteiger partial charge is 0.193 e. The molecular weight excluding hydrogens is 248 g/mol. The van der Waals surface area contributed by atoms with Crippen molar-refractivity contribution in [3.05, 3.63) is 0 Å². The van der Waals surface area contributed by atoms with Crippen molar-refractivity contribution in [2.75, 3.05) is 6.61 Å². The average molecular weight is 274 g/mol. The average Bonchev–Trinajstić information content (AvgIpc) is 2.53. The molecule has 18 heavy (non-hydrogen) atoms. The van der Waals surface area contributed by atoms with Crippen LogP contribution in [0.4, 0.5) is 0 Å². The van der Waals surface area contributed by atoms with Gasteiger partial charge in [0.2, 0.25) is 0 Å². The lowest BCUT2D eigenvalue weighted by molar-refractivity contribution is -0.152. The maximum atomic E-state index is 11.3. The van der Waals surface area contributed by atoms with Crippen molar-refractivity contribution >= 4 is 14.6 Å². The second-order valence-corrected chi connectivity index (χ2v) is 11.6. The van der Waals surface area contributed by atoms with E-state index in [1.807, 2.05) is 13.8 Å². The van der Waals surface area contributed by atoms with Crippen LogP contribution in [0.5, 0.6) is 0 Å². The first-order valence-electron chi connectivity index (χ1n) is 6.43. The fourth-order valence-electron chi connectivity index (χ4n) is 1.59. The van der Waals surface area contributed by atoms with Crippen LogP contribution in [0.3, 0.4) is 0 Å². The zero-order valence-corrected chi connectivity index (χ0v) is 13.6. The Hall–Kier alpha value is -0.233. The molecule has 4 nitrogen and oxygen atoms in total. The van der Waals surface area contributed by atoms with Gasteiger partial charge in [0, 0.05) is 0 Å². The summed E-state index contributed by atoms with van der Waals surface area (Å²) in [5.41, 5.74) is 0. The van der Waals surface area contributed by atoms with Crippen molar-refractivity contribution in [2.24, 2.45) is 0 Å². The van der Waals surface area contributed by atoms with Crippen LogP contribution in [0.25, 0.3) is 0 Å². The molecule has 1 saturated heterocycles. The van der Waals surface area contributed by atoms with Gasteiger partial charge < -0.3 is 18.7 Å². The fraction of sp³-hybridized carbons (Fsp3) is 0.923. The molecule has 0 spiro atoms. The molecule has 2 atom stereocenters. The minimum Gasteiger partial charge on any atom is -0.404 e. The summed E-state index contributed by atoms with van der Waals surface area (Å²) in [6.07, 6.45) is 0.00918. The van der Waals surface area contributed by atoms with Crippen LogP contribution < -0.4 is 0 Å². The van der Waals surface area contributed by atoms with E-state index in [1.54, 1.807) is 0 Å². The first-order valence-corrected chi connectivity index (χ1v) is 9.34. The van der Waals surface area contributed by atoms with Gasteiger partial charge in [-0.15, -0.1) is 0 Å². The first-order chi connectivity index (χ1) is 7.98. The molecule has 0 aromatic heterocycles. The summed E-state index contributed by atoms with van der Waals surface area (Å²) in [7, 11) is -1.97. The molecule has 5 heteroatoms. The molecule has 0 N–H and O–H groups in total. The van der Waals surface area contributed by atoms with Crippen LogP contribution in [0.15, 0.2) is 0 Å². The van der Waals surface area contributed by atoms with Crippen LogP contribution in [-0.4, -0.2) is 39.2 Å². The van der Waals surface area contributed by atoms with E-state index in [9.17, 15) is 4.79 Å². The van der Waals surface area contributed by atoms with Gasteiger partial charge in [-0.1, -0.05) is 20.8 Å². The van der Waals surface area contributed by atoms with Crippen LogP contribution >= 0.6 is 0 Å². The topological polar surface area (TPSA) is 44.8 Å². The Morgan fingerprint density at radius 2 is 1.94 bits per heavy atom. The molecule has 1 aliphatic rings. The summed E-state index contributed by atoms with van der Waals surface area (Å²) in [4.78, 5) is 11.3. The zero-order valence-electron chi connectivity index (χ0n) is 12.6.